The molecular weight excluding hydrogens is 701 g/mol. The first-order valence-electron chi connectivity index (χ1n) is 19.0. The van der Waals surface area contributed by atoms with E-state index in [0.717, 1.165) is 88.4 Å². The standard InChI is InChI=1S/C51H30N4O2/c1-2-12-31(13-3-1)32-24-26-33(27-25-32)49-52-50(38-17-10-22-45-47(38)37-16-6-9-21-43(37)56-45)54-51(53-49)39-18-11-23-46-48(39)40-30-34(28-29-44(40)57-46)55-41-19-7-4-14-35(41)36-15-5-8-20-42(36)55/h1-30H. The number of para-hydroxylation sites is 3. The van der Waals surface area contributed by atoms with Crippen molar-refractivity contribution in [2.24, 2.45) is 0 Å². The molecule has 0 radical (unpaired) electrons. The lowest BCUT2D eigenvalue weighted by Gasteiger charge is -2.11. The summed E-state index contributed by atoms with van der Waals surface area (Å²) in [6.45, 7) is 0. The van der Waals surface area contributed by atoms with Crippen LogP contribution in [0.3, 0.4) is 0 Å². The number of rotatable bonds is 5. The third kappa shape index (κ3) is 4.94. The van der Waals surface area contributed by atoms with Gasteiger partial charge in [-0.3, -0.25) is 0 Å². The summed E-state index contributed by atoms with van der Waals surface area (Å²) in [6.07, 6.45) is 0. The molecule has 0 spiro atoms. The van der Waals surface area contributed by atoms with Gasteiger partial charge in [-0.15, -0.1) is 0 Å². The van der Waals surface area contributed by atoms with Crippen molar-refractivity contribution in [3.63, 3.8) is 0 Å². The lowest BCUT2D eigenvalue weighted by molar-refractivity contribution is 0.668. The Kier molecular flexibility index (Phi) is 6.83. The van der Waals surface area contributed by atoms with Gasteiger partial charge >= 0.3 is 0 Å². The van der Waals surface area contributed by atoms with E-state index in [1.807, 2.05) is 48.5 Å². The summed E-state index contributed by atoms with van der Waals surface area (Å²) in [4.78, 5) is 15.7. The zero-order valence-corrected chi connectivity index (χ0v) is 30.4. The van der Waals surface area contributed by atoms with Crippen LogP contribution in [0, 0.1) is 0 Å². The summed E-state index contributed by atoms with van der Waals surface area (Å²) < 4.78 is 15.2. The van der Waals surface area contributed by atoms with Crippen molar-refractivity contribution in [3.05, 3.63) is 182 Å². The van der Waals surface area contributed by atoms with Gasteiger partial charge in [0.25, 0.3) is 0 Å². The average molecular weight is 731 g/mol. The van der Waals surface area contributed by atoms with E-state index in [2.05, 4.69) is 138 Å². The van der Waals surface area contributed by atoms with E-state index < -0.39 is 0 Å². The van der Waals surface area contributed by atoms with Crippen molar-refractivity contribution in [2.45, 2.75) is 0 Å². The lowest BCUT2D eigenvalue weighted by Crippen LogP contribution is -2.01. The molecule has 266 valence electrons. The van der Waals surface area contributed by atoms with E-state index in [0.29, 0.717) is 17.5 Å². The fourth-order valence-electron chi connectivity index (χ4n) is 8.49. The molecule has 12 aromatic rings. The predicted molar refractivity (Wildman–Crippen MR) is 230 cm³/mol. The Labute approximate surface area is 325 Å². The zero-order valence-electron chi connectivity index (χ0n) is 30.4. The second-order valence-electron chi connectivity index (χ2n) is 14.4. The van der Waals surface area contributed by atoms with Crippen LogP contribution in [0.4, 0.5) is 0 Å². The quantitative estimate of drug-likeness (QED) is 0.176. The first-order valence-corrected chi connectivity index (χ1v) is 19.0. The molecule has 0 aliphatic rings. The Morgan fingerprint density at radius 1 is 0.333 bits per heavy atom. The van der Waals surface area contributed by atoms with Crippen LogP contribution in [-0.4, -0.2) is 19.5 Å². The minimum Gasteiger partial charge on any atom is -0.456 e. The van der Waals surface area contributed by atoms with Gasteiger partial charge in [0.05, 0.1) is 11.0 Å². The zero-order chi connectivity index (χ0) is 37.5. The summed E-state index contributed by atoms with van der Waals surface area (Å²) >= 11 is 0. The van der Waals surface area contributed by atoms with Crippen LogP contribution < -0.4 is 0 Å². The molecule has 0 N–H and O–H groups in total. The molecular formula is C51H30N4O2. The van der Waals surface area contributed by atoms with Gasteiger partial charge in [-0.1, -0.05) is 133 Å². The van der Waals surface area contributed by atoms with E-state index in [1.54, 1.807) is 0 Å². The molecule has 0 aliphatic heterocycles. The minimum absolute atomic E-state index is 0.558. The first-order chi connectivity index (χ1) is 28.2. The molecule has 0 saturated heterocycles. The monoisotopic (exact) mass is 730 g/mol. The highest BCUT2D eigenvalue weighted by Crippen LogP contribution is 2.41. The van der Waals surface area contributed by atoms with E-state index in [4.69, 9.17) is 23.8 Å². The molecule has 4 heterocycles. The van der Waals surface area contributed by atoms with E-state index in [-0.39, 0.29) is 0 Å². The number of fused-ring (bicyclic) bond motifs is 9. The molecule has 0 unspecified atom stereocenters. The Hall–Kier alpha value is -7.83. The molecule has 6 heteroatoms. The van der Waals surface area contributed by atoms with Crippen LogP contribution >= 0.6 is 0 Å². The number of furan rings is 2. The summed E-state index contributed by atoms with van der Waals surface area (Å²) in [6, 6.07) is 62.7. The van der Waals surface area contributed by atoms with Gasteiger partial charge in [0.15, 0.2) is 17.5 Å². The Balaban J connectivity index is 1.10. The van der Waals surface area contributed by atoms with Crippen LogP contribution in [0.2, 0.25) is 0 Å². The van der Waals surface area contributed by atoms with Crippen molar-refractivity contribution < 1.29 is 8.83 Å². The number of nitrogens with zero attached hydrogens (tertiary/aromatic N) is 4. The van der Waals surface area contributed by atoms with Crippen LogP contribution in [0.25, 0.3) is 117 Å². The van der Waals surface area contributed by atoms with Gasteiger partial charge in [-0.2, -0.15) is 0 Å². The third-order valence-corrected chi connectivity index (χ3v) is 11.1. The normalized spacial score (nSPS) is 11.9. The maximum Gasteiger partial charge on any atom is 0.164 e. The van der Waals surface area contributed by atoms with E-state index >= 15 is 0 Å². The Morgan fingerprint density at radius 2 is 0.825 bits per heavy atom. The second-order valence-corrected chi connectivity index (χ2v) is 14.4. The number of hydrogen-bond acceptors (Lipinski definition) is 5. The van der Waals surface area contributed by atoms with Crippen molar-refractivity contribution >= 4 is 65.7 Å². The largest absolute Gasteiger partial charge is 0.456 e. The van der Waals surface area contributed by atoms with Crippen molar-refractivity contribution in [2.75, 3.05) is 0 Å². The molecule has 0 saturated carbocycles. The second kappa shape index (κ2) is 12.3. The van der Waals surface area contributed by atoms with Gasteiger partial charge in [0.1, 0.15) is 22.3 Å². The van der Waals surface area contributed by atoms with Crippen molar-refractivity contribution in [3.8, 4) is 51.0 Å². The third-order valence-electron chi connectivity index (χ3n) is 11.1. The number of aromatic nitrogens is 4. The lowest BCUT2D eigenvalue weighted by atomic mass is 10.0. The summed E-state index contributed by atoms with van der Waals surface area (Å²) in [7, 11) is 0. The highest BCUT2D eigenvalue weighted by atomic mass is 16.3. The number of hydrogen-bond donors (Lipinski definition) is 0. The van der Waals surface area contributed by atoms with E-state index in [1.165, 1.54) is 10.8 Å². The molecule has 0 bridgehead atoms. The van der Waals surface area contributed by atoms with Crippen LogP contribution in [-0.2, 0) is 0 Å². The van der Waals surface area contributed by atoms with Gasteiger partial charge in [0.2, 0.25) is 0 Å². The first kappa shape index (κ1) is 31.5. The van der Waals surface area contributed by atoms with Gasteiger partial charge in [0, 0.05) is 54.7 Å². The van der Waals surface area contributed by atoms with Crippen LogP contribution in [0.5, 0.6) is 0 Å². The molecule has 12 rings (SSSR count). The predicted octanol–water partition coefficient (Wildman–Crippen LogP) is 13.4. The van der Waals surface area contributed by atoms with E-state index in [9.17, 15) is 0 Å². The molecule has 8 aromatic carbocycles. The highest BCUT2D eigenvalue weighted by molar-refractivity contribution is 6.14. The summed E-state index contributed by atoms with van der Waals surface area (Å²) in [5.74, 6) is 1.70. The number of benzene rings is 8. The SMILES string of the molecule is c1ccc(-c2ccc(-c3nc(-c4cccc5oc6ccccc6c45)nc(-c4cccc5oc6ccc(-n7c8ccccc8c8ccccc87)cc6c45)n3)cc2)cc1. The molecule has 0 fully saturated rings. The van der Waals surface area contributed by atoms with Crippen molar-refractivity contribution in [1.29, 1.82) is 0 Å². The van der Waals surface area contributed by atoms with Gasteiger partial charge in [-0.25, -0.2) is 15.0 Å². The summed E-state index contributed by atoms with van der Waals surface area (Å²) in [5, 5.41) is 6.35. The average Bonchev–Trinajstić information content (AvgIpc) is 3.96. The van der Waals surface area contributed by atoms with Crippen molar-refractivity contribution in [1.82, 2.24) is 19.5 Å². The molecule has 0 atom stereocenters. The minimum atomic E-state index is 0.558. The summed E-state index contributed by atoms with van der Waals surface area (Å²) in [5.41, 5.74) is 11.4. The fourth-order valence-corrected chi connectivity index (χ4v) is 8.49. The molecule has 57 heavy (non-hydrogen) atoms. The maximum atomic E-state index is 6.55. The Bertz CT molecular complexity index is 3470. The highest BCUT2D eigenvalue weighted by Gasteiger charge is 2.21. The van der Waals surface area contributed by atoms with Gasteiger partial charge in [-0.05, 0) is 59.7 Å². The smallest absolute Gasteiger partial charge is 0.164 e. The maximum absolute atomic E-state index is 6.55. The Morgan fingerprint density at radius 3 is 1.49 bits per heavy atom. The van der Waals surface area contributed by atoms with Gasteiger partial charge < -0.3 is 13.4 Å². The molecule has 6 nitrogen and oxygen atoms in total. The fraction of sp³-hybridized carbons (Fsp3) is 0. The molecule has 4 aromatic heterocycles. The topological polar surface area (TPSA) is 69.9 Å². The van der Waals surface area contributed by atoms with Crippen LogP contribution in [0.1, 0.15) is 0 Å². The van der Waals surface area contributed by atoms with Crippen LogP contribution in [0.15, 0.2) is 191 Å². The molecule has 0 aliphatic carbocycles. The molecule has 0 amide bonds.